The molecule has 6 nitrogen and oxygen atoms in total. The van der Waals surface area contributed by atoms with Gasteiger partial charge in [-0.15, -0.1) is 0 Å². The molecule has 0 saturated carbocycles. The molecule has 1 aliphatic rings. The summed E-state index contributed by atoms with van der Waals surface area (Å²) in [5, 5.41) is 0. The van der Waals surface area contributed by atoms with E-state index in [1.54, 1.807) is 20.4 Å². The number of aromatic nitrogens is 1. The minimum atomic E-state index is 0.246. The third-order valence-corrected chi connectivity index (χ3v) is 4.26. The topological polar surface area (TPSA) is 59.0 Å². The van der Waals surface area contributed by atoms with Crippen LogP contribution in [0.2, 0.25) is 0 Å². The maximum Gasteiger partial charge on any atom is 0.231 e. The van der Waals surface area contributed by atoms with E-state index in [2.05, 4.69) is 4.98 Å². The van der Waals surface area contributed by atoms with Gasteiger partial charge in [0.25, 0.3) is 0 Å². The van der Waals surface area contributed by atoms with Crippen LogP contribution in [-0.4, -0.2) is 26.0 Å². The largest absolute Gasteiger partial charge is 0.493 e. The van der Waals surface area contributed by atoms with Gasteiger partial charge in [-0.1, -0.05) is 6.07 Å². The maximum absolute atomic E-state index is 5.87. The van der Waals surface area contributed by atoms with Gasteiger partial charge in [-0.3, -0.25) is 4.98 Å². The molecule has 1 aromatic heterocycles. The maximum atomic E-state index is 5.87. The Kier molecular flexibility index (Phi) is 4.70. The van der Waals surface area contributed by atoms with Crippen molar-refractivity contribution in [1.82, 2.24) is 4.98 Å². The van der Waals surface area contributed by atoms with Crippen LogP contribution in [0.3, 0.4) is 0 Å². The average Bonchev–Trinajstić information content (AvgIpc) is 3.20. The van der Waals surface area contributed by atoms with E-state index in [0.29, 0.717) is 23.9 Å². The minimum absolute atomic E-state index is 0.246. The highest BCUT2D eigenvalue weighted by Gasteiger charge is 2.14. The Morgan fingerprint density at radius 2 is 1.70 bits per heavy atom. The van der Waals surface area contributed by atoms with Crippen LogP contribution in [0.1, 0.15) is 5.56 Å². The number of rotatable bonds is 6. The van der Waals surface area contributed by atoms with E-state index in [1.807, 2.05) is 48.7 Å². The fourth-order valence-corrected chi connectivity index (χ4v) is 2.87. The molecule has 4 rings (SSSR count). The standard InChI is InChI=1S/C21H19NO5/c1-23-18-5-3-15(8-20(18)24-2)16-7-14(10-22-11-16)12-25-17-4-6-19-21(9-17)27-13-26-19/h3-11H,12-13H2,1-2H3. The lowest BCUT2D eigenvalue weighted by molar-refractivity contribution is 0.173. The van der Waals surface area contributed by atoms with Crippen LogP contribution >= 0.6 is 0 Å². The molecule has 3 aromatic rings. The number of benzene rings is 2. The molecular weight excluding hydrogens is 346 g/mol. The summed E-state index contributed by atoms with van der Waals surface area (Å²) in [6, 6.07) is 13.4. The molecule has 2 aromatic carbocycles. The Balaban J connectivity index is 1.51. The van der Waals surface area contributed by atoms with Gasteiger partial charge in [0.1, 0.15) is 12.4 Å². The fraction of sp³-hybridized carbons (Fsp3) is 0.190. The summed E-state index contributed by atoms with van der Waals surface area (Å²) in [6.07, 6.45) is 3.60. The second-order valence-electron chi connectivity index (χ2n) is 5.96. The van der Waals surface area contributed by atoms with Gasteiger partial charge in [-0.2, -0.15) is 0 Å². The van der Waals surface area contributed by atoms with Crippen molar-refractivity contribution in [1.29, 1.82) is 0 Å². The van der Waals surface area contributed by atoms with Crippen LogP contribution in [0.25, 0.3) is 11.1 Å². The Morgan fingerprint density at radius 3 is 2.56 bits per heavy atom. The van der Waals surface area contributed by atoms with Crippen molar-refractivity contribution in [3.63, 3.8) is 0 Å². The smallest absolute Gasteiger partial charge is 0.231 e. The lowest BCUT2D eigenvalue weighted by atomic mass is 10.1. The van der Waals surface area contributed by atoms with E-state index >= 15 is 0 Å². The Morgan fingerprint density at radius 1 is 0.852 bits per heavy atom. The summed E-state index contributed by atoms with van der Waals surface area (Å²) in [6.45, 7) is 0.643. The predicted octanol–water partition coefficient (Wildman–Crippen LogP) is 4.07. The van der Waals surface area contributed by atoms with Crippen molar-refractivity contribution in [3.05, 3.63) is 60.4 Å². The third-order valence-electron chi connectivity index (χ3n) is 4.26. The summed E-state index contributed by atoms with van der Waals surface area (Å²) < 4.78 is 27.2. The Bertz CT molecular complexity index is 957. The van der Waals surface area contributed by atoms with Crippen LogP contribution in [0.4, 0.5) is 0 Å². The number of hydrogen-bond donors (Lipinski definition) is 0. The van der Waals surface area contributed by atoms with Crippen molar-refractivity contribution in [2.45, 2.75) is 6.61 Å². The minimum Gasteiger partial charge on any atom is -0.493 e. The van der Waals surface area contributed by atoms with E-state index in [0.717, 1.165) is 28.2 Å². The highest BCUT2D eigenvalue weighted by molar-refractivity contribution is 5.67. The van der Waals surface area contributed by atoms with Gasteiger partial charge in [0.2, 0.25) is 6.79 Å². The molecule has 0 atom stereocenters. The van der Waals surface area contributed by atoms with Gasteiger partial charge in [0.05, 0.1) is 14.2 Å². The highest BCUT2D eigenvalue weighted by Crippen LogP contribution is 2.35. The van der Waals surface area contributed by atoms with E-state index in [1.165, 1.54) is 0 Å². The molecule has 0 spiro atoms. The van der Waals surface area contributed by atoms with Crippen molar-refractivity contribution < 1.29 is 23.7 Å². The lowest BCUT2D eigenvalue weighted by Gasteiger charge is -2.11. The normalized spacial score (nSPS) is 11.9. The summed E-state index contributed by atoms with van der Waals surface area (Å²) in [7, 11) is 3.24. The second-order valence-corrected chi connectivity index (χ2v) is 5.96. The number of ether oxygens (including phenoxy) is 5. The van der Waals surface area contributed by atoms with E-state index in [9.17, 15) is 0 Å². The fourth-order valence-electron chi connectivity index (χ4n) is 2.87. The molecule has 0 radical (unpaired) electrons. The average molecular weight is 365 g/mol. The van der Waals surface area contributed by atoms with Crippen LogP contribution in [-0.2, 0) is 6.61 Å². The quantitative estimate of drug-likeness (QED) is 0.656. The summed E-state index contributed by atoms with van der Waals surface area (Å²) in [5.74, 6) is 3.52. The summed E-state index contributed by atoms with van der Waals surface area (Å²) in [4.78, 5) is 4.33. The molecule has 0 saturated heterocycles. The van der Waals surface area contributed by atoms with Crippen molar-refractivity contribution in [3.8, 4) is 39.9 Å². The molecule has 138 valence electrons. The number of hydrogen-bond acceptors (Lipinski definition) is 6. The Hall–Kier alpha value is -3.41. The van der Waals surface area contributed by atoms with Crippen LogP contribution in [0.15, 0.2) is 54.9 Å². The van der Waals surface area contributed by atoms with E-state index in [4.69, 9.17) is 23.7 Å². The van der Waals surface area contributed by atoms with Crippen LogP contribution in [0.5, 0.6) is 28.7 Å². The molecular formula is C21H19NO5. The van der Waals surface area contributed by atoms with Gasteiger partial charge >= 0.3 is 0 Å². The van der Waals surface area contributed by atoms with Crippen LogP contribution < -0.4 is 23.7 Å². The molecule has 0 fully saturated rings. The summed E-state index contributed by atoms with van der Waals surface area (Å²) >= 11 is 0. The van der Waals surface area contributed by atoms with Crippen LogP contribution in [0, 0.1) is 0 Å². The Labute approximate surface area is 157 Å². The molecule has 0 bridgehead atoms. The molecule has 0 N–H and O–H groups in total. The zero-order valence-electron chi connectivity index (χ0n) is 15.1. The number of nitrogens with zero attached hydrogens (tertiary/aromatic N) is 1. The summed E-state index contributed by atoms with van der Waals surface area (Å²) in [5.41, 5.74) is 2.92. The third kappa shape index (κ3) is 3.60. The zero-order chi connectivity index (χ0) is 18.6. The number of fused-ring (bicyclic) bond motifs is 1. The molecule has 27 heavy (non-hydrogen) atoms. The van der Waals surface area contributed by atoms with Crippen molar-refractivity contribution in [2.75, 3.05) is 21.0 Å². The first-order chi connectivity index (χ1) is 13.3. The first-order valence-corrected chi connectivity index (χ1v) is 8.45. The van der Waals surface area contributed by atoms with Gasteiger partial charge in [-0.25, -0.2) is 0 Å². The molecule has 2 heterocycles. The van der Waals surface area contributed by atoms with E-state index < -0.39 is 0 Å². The molecule has 6 heteroatoms. The van der Waals surface area contributed by atoms with E-state index in [-0.39, 0.29) is 6.79 Å². The molecule has 1 aliphatic heterocycles. The molecule has 0 unspecified atom stereocenters. The first kappa shape index (κ1) is 17.0. The number of pyridine rings is 1. The molecule has 0 aliphatic carbocycles. The lowest BCUT2D eigenvalue weighted by Crippen LogP contribution is -1.97. The molecule has 0 amide bonds. The SMILES string of the molecule is COc1ccc(-c2cncc(COc3ccc4c(c3)OCO4)c2)cc1OC. The first-order valence-electron chi connectivity index (χ1n) is 8.45. The van der Waals surface area contributed by atoms with Crippen molar-refractivity contribution >= 4 is 0 Å². The predicted molar refractivity (Wildman–Crippen MR) is 99.7 cm³/mol. The monoisotopic (exact) mass is 365 g/mol. The zero-order valence-corrected chi connectivity index (χ0v) is 15.1. The van der Waals surface area contributed by atoms with Gasteiger partial charge in [-0.05, 0) is 35.9 Å². The van der Waals surface area contributed by atoms with Gasteiger partial charge in [0.15, 0.2) is 23.0 Å². The van der Waals surface area contributed by atoms with Crippen molar-refractivity contribution in [2.24, 2.45) is 0 Å². The highest BCUT2D eigenvalue weighted by atomic mass is 16.7. The van der Waals surface area contributed by atoms with Gasteiger partial charge in [0, 0.05) is 29.6 Å². The number of methoxy groups -OCH3 is 2. The van der Waals surface area contributed by atoms with Gasteiger partial charge < -0.3 is 23.7 Å². The second kappa shape index (κ2) is 7.45.